The standard InChI is InChI=1S/C17H20N4O3/c22-10-15-18-12-3-1-2-4-14(12)21(15)6-5-17(24)20-8-11-7-16(23)19-13(11)9-20/h1-4,11,13,22H,5-10H2,(H,19,23)/t11-,13+/m0/s1. The highest BCUT2D eigenvalue weighted by atomic mass is 16.3. The van der Waals surface area contributed by atoms with Crippen LogP contribution in [0.3, 0.4) is 0 Å². The largest absolute Gasteiger partial charge is 0.388 e. The fraction of sp³-hybridized carbons (Fsp3) is 0.471. The van der Waals surface area contributed by atoms with Gasteiger partial charge in [0.15, 0.2) is 0 Å². The Morgan fingerprint density at radius 3 is 2.96 bits per heavy atom. The van der Waals surface area contributed by atoms with Crippen LogP contribution in [0.25, 0.3) is 11.0 Å². The summed E-state index contributed by atoms with van der Waals surface area (Å²) in [4.78, 5) is 30.1. The summed E-state index contributed by atoms with van der Waals surface area (Å²) in [6.45, 7) is 1.60. The monoisotopic (exact) mass is 328 g/mol. The summed E-state index contributed by atoms with van der Waals surface area (Å²) in [5.74, 6) is 1.01. The second kappa shape index (κ2) is 5.90. The predicted octanol–water partition coefficient (Wildman–Crippen LogP) is 0.266. The third-order valence-corrected chi connectivity index (χ3v) is 5.01. The number of aliphatic hydroxyl groups excluding tert-OH is 1. The fourth-order valence-electron chi connectivity index (χ4n) is 3.81. The Labute approximate surface area is 139 Å². The number of carbonyl (C=O) groups is 2. The van der Waals surface area contributed by atoms with Crippen molar-refractivity contribution in [2.24, 2.45) is 5.92 Å². The number of aliphatic hydroxyl groups is 1. The number of carbonyl (C=O) groups excluding carboxylic acids is 2. The van der Waals surface area contributed by atoms with E-state index in [9.17, 15) is 14.7 Å². The Kier molecular flexibility index (Phi) is 3.72. The van der Waals surface area contributed by atoms with Crippen molar-refractivity contribution >= 4 is 22.8 Å². The molecular weight excluding hydrogens is 308 g/mol. The van der Waals surface area contributed by atoms with Crippen molar-refractivity contribution in [3.05, 3.63) is 30.1 Å². The van der Waals surface area contributed by atoms with E-state index in [1.54, 1.807) is 0 Å². The van der Waals surface area contributed by atoms with Gasteiger partial charge in [-0.3, -0.25) is 9.59 Å². The van der Waals surface area contributed by atoms with Gasteiger partial charge >= 0.3 is 0 Å². The lowest BCUT2D eigenvalue weighted by Crippen LogP contribution is -2.35. The molecule has 1 aromatic carbocycles. The normalized spacial score (nSPS) is 22.9. The van der Waals surface area contributed by atoms with Crippen LogP contribution in [-0.2, 0) is 22.7 Å². The summed E-state index contributed by atoms with van der Waals surface area (Å²) in [5.41, 5.74) is 1.76. The molecule has 2 saturated heterocycles. The van der Waals surface area contributed by atoms with Gasteiger partial charge in [-0.1, -0.05) is 12.1 Å². The number of nitrogens with one attached hydrogen (secondary N) is 1. The average molecular weight is 328 g/mol. The molecule has 4 rings (SSSR count). The van der Waals surface area contributed by atoms with Gasteiger partial charge in [0.2, 0.25) is 11.8 Å². The number of hydrogen-bond donors (Lipinski definition) is 2. The molecular formula is C17H20N4O3. The van der Waals surface area contributed by atoms with Gasteiger partial charge in [-0.05, 0) is 12.1 Å². The molecule has 24 heavy (non-hydrogen) atoms. The lowest BCUT2D eigenvalue weighted by Gasteiger charge is -2.18. The molecule has 7 nitrogen and oxygen atoms in total. The summed E-state index contributed by atoms with van der Waals surface area (Å²) in [6.07, 6.45) is 0.885. The smallest absolute Gasteiger partial charge is 0.224 e. The van der Waals surface area contributed by atoms with Gasteiger partial charge in [-0.25, -0.2) is 4.98 Å². The number of amides is 2. The van der Waals surface area contributed by atoms with E-state index in [4.69, 9.17) is 0 Å². The number of aromatic nitrogens is 2. The minimum absolute atomic E-state index is 0.0836. The summed E-state index contributed by atoms with van der Waals surface area (Å²) in [6, 6.07) is 7.79. The Morgan fingerprint density at radius 2 is 2.17 bits per heavy atom. The van der Waals surface area contributed by atoms with Crippen molar-refractivity contribution in [3.63, 3.8) is 0 Å². The summed E-state index contributed by atoms with van der Waals surface area (Å²) < 4.78 is 1.91. The van der Waals surface area contributed by atoms with Crippen LogP contribution in [0.5, 0.6) is 0 Å². The average Bonchev–Trinajstić information content (AvgIpc) is 3.22. The minimum Gasteiger partial charge on any atom is -0.388 e. The van der Waals surface area contributed by atoms with Crippen molar-refractivity contribution < 1.29 is 14.7 Å². The van der Waals surface area contributed by atoms with Gasteiger partial charge in [0.1, 0.15) is 12.4 Å². The lowest BCUT2D eigenvalue weighted by atomic mass is 10.1. The molecule has 2 aliphatic heterocycles. The highest BCUT2D eigenvalue weighted by Gasteiger charge is 2.41. The molecule has 0 radical (unpaired) electrons. The maximum absolute atomic E-state index is 12.5. The number of benzene rings is 1. The molecule has 0 spiro atoms. The Bertz CT molecular complexity index is 784. The molecule has 2 aromatic rings. The molecule has 2 atom stereocenters. The van der Waals surface area contributed by atoms with Gasteiger partial charge < -0.3 is 19.9 Å². The van der Waals surface area contributed by atoms with E-state index in [1.807, 2.05) is 33.7 Å². The molecule has 2 N–H and O–H groups in total. The van der Waals surface area contributed by atoms with Crippen molar-refractivity contribution in [1.82, 2.24) is 19.8 Å². The van der Waals surface area contributed by atoms with E-state index < -0.39 is 0 Å². The number of para-hydroxylation sites is 2. The van der Waals surface area contributed by atoms with Crippen LogP contribution in [-0.4, -0.2) is 50.5 Å². The molecule has 7 heteroatoms. The van der Waals surface area contributed by atoms with Crippen LogP contribution < -0.4 is 5.32 Å². The summed E-state index contributed by atoms with van der Waals surface area (Å²) in [5, 5.41) is 12.4. The number of hydrogen-bond acceptors (Lipinski definition) is 4. The first-order valence-corrected chi connectivity index (χ1v) is 8.28. The maximum atomic E-state index is 12.5. The van der Waals surface area contributed by atoms with Crippen molar-refractivity contribution in [1.29, 1.82) is 0 Å². The minimum atomic E-state index is -0.150. The lowest BCUT2D eigenvalue weighted by molar-refractivity contribution is -0.131. The highest BCUT2D eigenvalue weighted by molar-refractivity contribution is 5.81. The predicted molar refractivity (Wildman–Crippen MR) is 86.9 cm³/mol. The van der Waals surface area contributed by atoms with Crippen LogP contribution in [0, 0.1) is 5.92 Å². The fourth-order valence-corrected chi connectivity index (χ4v) is 3.81. The van der Waals surface area contributed by atoms with E-state index in [-0.39, 0.29) is 30.4 Å². The second-order valence-corrected chi connectivity index (χ2v) is 6.51. The quantitative estimate of drug-likeness (QED) is 0.843. The topological polar surface area (TPSA) is 87.5 Å². The van der Waals surface area contributed by atoms with Gasteiger partial charge in [-0.2, -0.15) is 0 Å². The first-order valence-electron chi connectivity index (χ1n) is 8.28. The van der Waals surface area contributed by atoms with Crippen LogP contribution in [0.4, 0.5) is 0 Å². The molecule has 0 aliphatic carbocycles. The van der Waals surface area contributed by atoms with E-state index in [0.717, 1.165) is 11.0 Å². The Balaban J connectivity index is 1.44. The van der Waals surface area contributed by atoms with Crippen LogP contribution in [0.1, 0.15) is 18.7 Å². The number of aryl methyl sites for hydroxylation is 1. The SMILES string of the molecule is O=C1C[C@H]2CN(C(=O)CCn3c(CO)nc4ccccc43)C[C@H]2N1. The van der Waals surface area contributed by atoms with E-state index in [0.29, 0.717) is 38.3 Å². The Morgan fingerprint density at radius 1 is 1.33 bits per heavy atom. The van der Waals surface area contributed by atoms with Gasteiger partial charge in [0, 0.05) is 38.4 Å². The summed E-state index contributed by atoms with van der Waals surface area (Å²) >= 11 is 0. The first kappa shape index (κ1) is 15.1. The molecule has 3 heterocycles. The van der Waals surface area contributed by atoms with Crippen molar-refractivity contribution in [3.8, 4) is 0 Å². The zero-order valence-corrected chi connectivity index (χ0v) is 13.3. The van der Waals surface area contributed by atoms with Crippen LogP contribution in [0.2, 0.25) is 0 Å². The van der Waals surface area contributed by atoms with Crippen LogP contribution in [0.15, 0.2) is 24.3 Å². The van der Waals surface area contributed by atoms with Gasteiger partial charge in [0.25, 0.3) is 0 Å². The molecule has 2 aliphatic rings. The third kappa shape index (κ3) is 2.54. The zero-order valence-electron chi connectivity index (χ0n) is 13.3. The molecule has 1 aromatic heterocycles. The first-order chi connectivity index (χ1) is 11.7. The van der Waals surface area contributed by atoms with E-state index in [2.05, 4.69) is 10.3 Å². The number of likely N-dealkylation sites (tertiary alicyclic amines) is 1. The molecule has 126 valence electrons. The number of rotatable bonds is 4. The van der Waals surface area contributed by atoms with Gasteiger partial charge in [0.05, 0.1) is 17.1 Å². The Hall–Kier alpha value is -2.41. The maximum Gasteiger partial charge on any atom is 0.224 e. The van der Waals surface area contributed by atoms with E-state index in [1.165, 1.54) is 0 Å². The third-order valence-electron chi connectivity index (χ3n) is 5.01. The number of fused-ring (bicyclic) bond motifs is 2. The second-order valence-electron chi connectivity index (χ2n) is 6.51. The van der Waals surface area contributed by atoms with Gasteiger partial charge in [-0.15, -0.1) is 0 Å². The molecule has 2 amide bonds. The molecule has 2 fully saturated rings. The summed E-state index contributed by atoms with van der Waals surface area (Å²) in [7, 11) is 0. The molecule has 0 bridgehead atoms. The molecule has 0 unspecified atom stereocenters. The van der Waals surface area contributed by atoms with E-state index >= 15 is 0 Å². The number of imidazole rings is 1. The van der Waals surface area contributed by atoms with Crippen molar-refractivity contribution in [2.45, 2.75) is 32.0 Å². The zero-order chi connectivity index (χ0) is 16.7. The highest BCUT2D eigenvalue weighted by Crippen LogP contribution is 2.26. The number of nitrogens with zero attached hydrogens (tertiary/aromatic N) is 3. The van der Waals surface area contributed by atoms with Crippen LogP contribution >= 0.6 is 0 Å². The van der Waals surface area contributed by atoms with Crippen molar-refractivity contribution in [2.75, 3.05) is 13.1 Å². The molecule has 0 saturated carbocycles.